The predicted molar refractivity (Wildman–Crippen MR) is 120 cm³/mol. The molecule has 0 atom stereocenters. The summed E-state index contributed by atoms with van der Waals surface area (Å²) >= 11 is 5.82. The summed E-state index contributed by atoms with van der Waals surface area (Å²) in [7, 11) is -3.55. The number of benzene rings is 2. The highest BCUT2D eigenvalue weighted by atomic mass is 35.5. The molecule has 2 amide bonds. The van der Waals surface area contributed by atoms with Gasteiger partial charge in [-0.05, 0) is 42.2 Å². The minimum Gasteiger partial charge on any atom is -0.273 e. The van der Waals surface area contributed by atoms with Gasteiger partial charge in [-0.2, -0.15) is 4.31 Å². The lowest BCUT2D eigenvalue weighted by molar-refractivity contribution is -0.131. The number of carbonyl (C=O) groups is 2. The van der Waals surface area contributed by atoms with Gasteiger partial charge in [0.15, 0.2) is 0 Å². The van der Waals surface area contributed by atoms with Crippen molar-refractivity contribution in [1.82, 2.24) is 15.2 Å². The van der Waals surface area contributed by atoms with Crippen molar-refractivity contribution >= 4 is 39.5 Å². The van der Waals surface area contributed by atoms with Crippen LogP contribution < -0.4 is 10.9 Å². The van der Waals surface area contributed by atoms with Crippen LogP contribution in [0.25, 0.3) is 6.08 Å². The molecule has 0 radical (unpaired) electrons. The Hall–Kier alpha value is -2.68. The molecule has 1 aliphatic rings. The highest BCUT2D eigenvalue weighted by Gasteiger charge is 2.30. The van der Waals surface area contributed by atoms with Gasteiger partial charge in [0.1, 0.15) is 0 Å². The number of hydrogen-bond donors (Lipinski definition) is 2. The summed E-state index contributed by atoms with van der Waals surface area (Å²) in [5.74, 6) is -1.02. The molecule has 31 heavy (non-hydrogen) atoms. The number of sulfonamides is 1. The van der Waals surface area contributed by atoms with Crippen molar-refractivity contribution in [3.05, 3.63) is 76.2 Å². The largest absolute Gasteiger partial charge is 0.273 e. The molecule has 1 heterocycles. The number of hydrogen-bond acceptors (Lipinski definition) is 4. The van der Waals surface area contributed by atoms with Gasteiger partial charge >= 0.3 is 0 Å². The van der Waals surface area contributed by atoms with E-state index < -0.39 is 10.0 Å². The molecule has 0 aliphatic carbocycles. The summed E-state index contributed by atoms with van der Waals surface area (Å²) in [4.78, 5) is 24.3. The van der Waals surface area contributed by atoms with E-state index in [0.717, 1.165) is 11.1 Å². The van der Waals surface area contributed by atoms with Crippen LogP contribution >= 0.6 is 11.6 Å². The van der Waals surface area contributed by atoms with Crippen molar-refractivity contribution in [2.45, 2.75) is 19.3 Å². The average Bonchev–Trinajstić information content (AvgIpc) is 2.78. The second kappa shape index (κ2) is 10.6. The minimum atomic E-state index is -3.55. The fourth-order valence-electron chi connectivity index (χ4n) is 3.25. The van der Waals surface area contributed by atoms with E-state index in [1.807, 2.05) is 30.3 Å². The summed E-state index contributed by atoms with van der Waals surface area (Å²) in [5.41, 5.74) is 6.42. The molecule has 2 aromatic carbocycles. The molecule has 0 saturated carbocycles. The Morgan fingerprint density at radius 1 is 1.00 bits per heavy atom. The number of amides is 2. The van der Waals surface area contributed by atoms with E-state index in [2.05, 4.69) is 10.9 Å². The zero-order valence-electron chi connectivity index (χ0n) is 16.8. The van der Waals surface area contributed by atoms with E-state index in [-0.39, 0.29) is 37.2 Å². The number of piperidine rings is 1. The lowest BCUT2D eigenvalue weighted by Gasteiger charge is -2.29. The van der Waals surface area contributed by atoms with Crippen LogP contribution in [0.1, 0.15) is 24.0 Å². The monoisotopic (exact) mass is 461 g/mol. The van der Waals surface area contributed by atoms with Crippen LogP contribution in [-0.4, -0.2) is 37.6 Å². The fraction of sp³-hybridized carbons (Fsp3) is 0.273. The fourth-order valence-corrected chi connectivity index (χ4v) is 4.60. The zero-order valence-corrected chi connectivity index (χ0v) is 18.4. The molecule has 0 bridgehead atoms. The van der Waals surface area contributed by atoms with Gasteiger partial charge in [-0.15, -0.1) is 0 Å². The van der Waals surface area contributed by atoms with Gasteiger partial charge in [0.05, 0.1) is 6.42 Å². The van der Waals surface area contributed by atoms with Crippen molar-refractivity contribution in [3.8, 4) is 0 Å². The highest BCUT2D eigenvalue weighted by molar-refractivity contribution is 7.92. The summed E-state index contributed by atoms with van der Waals surface area (Å²) in [6.07, 6.45) is 2.45. The van der Waals surface area contributed by atoms with E-state index in [1.54, 1.807) is 30.3 Å². The van der Waals surface area contributed by atoms with Crippen LogP contribution in [-0.2, 0) is 26.0 Å². The van der Waals surface area contributed by atoms with Crippen molar-refractivity contribution in [2.24, 2.45) is 5.92 Å². The first-order valence-electron chi connectivity index (χ1n) is 9.90. The van der Waals surface area contributed by atoms with Crippen LogP contribution in [0.15, 0.2) is 60.0 Å². The summed E-state index contributed by atoms with van der Waals surface area (Å²) in [6, 6.07) is 16.1. The molecule has 0 unspecified atom stereocenters. The maximum Gasteiger partial charge on any atom is 0.242 e. The summed E-state index contributed by atoms with van der Waals surface area (Å²) in [5, 5.41) is 1.78. The number of carbonyl (C=O) groups excluding carboxylic acids is 2. The molecule has 9 heteroatoms. The Labute approximate surface area is 187 Å². The predicted octanol–water partition coefficient (Wildman–Crippen LogP) is 2.74. The number of nitrogens with zero attached hydrogens (tertiary/aromatic N) is 1. The molecule has 1 aliphatic heterocycles. The second-order valence-electron chi connectivity index (χ2n) is 7.27. The number of rotatable bonds is 6. The lowest BCUT2D eigenvalue weighted by atomic mass is 9.98. The Kier molecular flexibility index (Phi) is 7.84. The zero-order chi connectivity index (χ0) is 22.3. The molecule has 0 aromatic heterocycles. The third-order valence-corrected chi connectivity index (χ3v) is 6.84. The summed E-state index contributed by atoms with van der Waals surface area (Å²) < 4.78 is 26.4. The van der Waals surface area contributed by atoms with Crippen molar-refractivity contribution in [1.29, 1.82) is 0 Å². The van der Waals surface area contributed by atoms with Gasteiger partial charge in [0, 0.05) is 29.4 Å². The first-order chi connectivity index (χ1) is 14.8. The highest BCUT2D eigenvalue weighted by Crippen LogP contribution is 2.21. The summed E-state index contributed by atoms with van der Waals surface area (Å²) in [6.45, 7) is 0.497. The normalized spacial score (nSPS) is 15.6. The molecule has 3 rings (SSSR count). The third-order valence-electron chi connectivity index (χ3n) is 5.02. The van der Waals surface area contributed by atoms with E-state index in [9.17, 15) is 18.0 Å². The number of nitrogens with one attached hydrogen (secondary N) is 2. The van der Waals surface area contributed by atoms with E-state index in [1.165, 1.54) is 9.71 Å². The second-order valence-corrected chi connectivity index (χ2v) is 9.53. The Balaban J connectivity index is 1.44. The van der Waals surface area contributed by atoms with E-state index >= 15 is 0 Å². The Bertz CT molecular complexity index is 1030. The third kappa shape index (κ3) is 6.92. The lowest BCUT2D eigenvalue weighted by Crippen LogP contribution is -2.48. The average molecular weight is 462 g/mol. The first-order valence-corrected chi connectivity index (χ1v) is 11.8. The van der Waals surface area contributed by atoms with Crippen LogP contribution in [0.5, 0.6) is 0 Å². The van der Waals surface area contributed by atoms with Crippen molar-refractivity contribution in [3.63, 3.8) is 0 Å². The molecule has 0 spiro atoms. The minimum absolute atomic E-state index is 0.113. The SMILES string of the molecule is O=C(Cc1ccc(Cl)cc1)NNC(=O)C1CCN(S(=O)(=O)/C=C/c2ccccc2)CC1. The van der Waals surface area contributed by atoms with Gasteiger partial charge in [0.2, 0.25) is 21.8 Å². The maximum atomic E-state index is 12.5. The molecule has 1 fully saturated rings. The molecule has 1 saturated heterocycles. The van der Waals surface area contributed by atoms with Crippen molar-refractivity contribution < 1.29 is 18.0 Å². The van der Waals surface area contributed by atoms with Crippen LogP contribution in [0.4, 0.5) is 0 Å². The van der Waals surface area contributed by atoms with Crippen LogP contribution in [0.3, 0.4) is 0 Å². The van der Waals surface area contributed by atoms with Crippen LogP contribution in [0, 0.1) is 5.92 Å². The molecule has 2 N–H and O–H groups in total. The first kappa shape index (κ1) is 23.0. The van der Waals surface area contributed by atoms with Gasteiger partial charge < -0.3 is 0 Å². The Morgan fingerprint density at radius 3 is 2.29 bits per heavy atom. The molecule has 7 nitrogen and oxygen atoms in total. The topological polar surface area (TPSA) is 95.6 Å². The maximum absolute atomic E-state index is 12.5. The Morgan fingerprint density at radius 2 is 1.65 bits per heavy atom. The van der Waals surface area contributed by atoms with E-state index in [4.69, 9.17) is 11.6 Å². The van der Waals surface area contributed by atoms with Crippen molar-refractivity contribution in [2.75, 3.05) is 13.1 Å². The van der Waals surface area contributed by atoms with Gasteiger partial charge in [-0.1, -0.05) is 54.1 Å². The van der Waals surface area contributed by atoms with Gasteiger partial charge in [0.25, 0.3) is 0 Å². The molecular formula is C22H24ClN3O4S. The molecule has 2 aromatic rings. The smallest absolute Gasteiger partial charge is 0.242 e. The number of hydrazine groups is 1. The molecule has 164 valence electrons. The van der Waals surface area contributed by atoms with Gasteiger partial charge in [-0.25, -0.2) is 8.42 Å². The van der Waals surface area contributed by atoms with Gasteiger partial charge in [-0.3, -0.25) is 20.4 Å². The quantitative estimate of drug-likeness (QED) is 0.646. The number of halogens is 1. The standard InChI is InChI=1S/C22H24ClN3O4S/c23-20-8-6-18(7-9-20)16-21(27)24-25-22(28)19-10-13-26(14-11-19)31(29,30)15-12-17-4-2-1-3-5-17/h1-9,12,15,19H,10-11,13-14,16H2,(H,24,27)(H,25,28)/b15-12+. The van der Waals surface area contributed by atoms with E-state index in [0.29, 0.717) is 17.9 Å². The molecular weight excluding hydrogens is 438 g/mol. The van der Waals surface area contributed by atoms with Crippen LogP contribution in [0.2, 0.25) is 5.02 Å².